The van der Waals surface area contributed by atoms with Crippen molar-refractivity contribution in [3.63, 3.8) is 0 Å². The summed E-state index contributed by atoms with van der Waals surface area (Å²) in [5.41, 5.74) is 3.51. The molecule has 2 aromatic carbocycles. The molecule has 1 aliphatic rings. The number of aryl methyl sites for hydroxylation is 1. The minimum Gasteiger partial charge on any atom is -0.497 e. The van der Waals surface area contributed by atoms with Crippen molar-refractivity contribution in [2.75, 3.05) is 24.4 Å². The van der Waals surface area contributed by atoms with E-state index in [0.29, 0.717) is 33.2 Å². The Kier molecular flexibility index (Phi) is 5.68. The van der Waals surface area contributed by atoms with E-state index in [9.17, 15) is 14.7 Å². The second-order valence-corrected chi connectivity index (χ2v) is 7.27. The molecule has 27 heavy (non-hydrogen) atoms. The van der Waals surface area contributed by atoms with Crippen molar-refractivity contribution in [1.82, 2.24) is 0 Å². The lowest BCUT2D eigenvalue weighted by Gasteiger charge is -2.19. The number of aliphatic hydroxyl groups excluding tert-OH is 1. The second-order valence-electron chi connectivity index (χ2n) is 6.17. The van der Waals surface area contributed by atoms with Gasteiger partial charge < -0.3 is 9.84 Å². The minimum absolute atomic E-state index is 0.0744. The summed E-state index contributed by atoms with van der Waals surface area (Å²) in [6.45, 7) is 3.77. The number of hydrogen-bond donors (Lipinski definition) is 1. The standard InChI is InChI=1S/C21H21NO4S/c1-13-5-4-6-17(14(13)2)22-20(24)18(19(21(22)25)27-12-11-23)15-7-9-16(26-3)10-8-15/h4-10,23H,11-12H2,1-3H3. The number of carbonyl (C=O) groups is 2. The first-order valence-corrected chi connectivity index (χ1v) is 9.55. The highest BCUT2D eigenvalue weighted by molar-refractivity contribution is 8.04. The van der Waals surface area contributed by atoms with E-state index in [1.807, 2.05) is 26.0 Å². The zero-order valence-electron chi connectivity index (χ0n) is 15.5. The van der Waals surface area contributed by atoms with Gasteiger partial charge >= 0.3 is 0 Å². The molecule has 1 aliphatic heterocycles. The number of rotatable bonds is 6. The van der Waals surface area contributed by atoms with Gasteiger partial charge in [-0.25, -0.2) is 4.90 Å². The maximum absolute atomic E-state index is 13.2. The average Bonchev–Trinajstić information content (AvgIpc) is 2.92. The van der Waals surface area contributed by atoms with Crippen molar-refractivity contribution in [2.24, 2.45) is 0 Å². The predicted octanol–water partition coefficient (Wildman–Crippen LogP) is 3.32. The summed E-state index contributed by atoms with van der Waals surface area (Å²) in [5.74, 6) is 0.318. The Morgan fingerprint density at radius 3 is 2.37 bits per heavy atom. The Labute approximate surface area is 162 Å². The number of hydrogen-bond acceptors (Lipinski definition) is 5. The predicted molar refractivity (Wildman–Crippen MR) is 108 cm³/mol. The van der Waals surface area contributed by atoms with Gasteiger partial charge in [0.1, 0.15) is 5.75 Å². The number of methoxy groups -OCH3 is 1. The maximum atomic E-state index is 13.2. The van der Waals surface area contributed by atoms with Crippen LogP contribution in [0.3, 0.4) is 0 Å². The number of anilines is 1. The molecule has 2 aromatic rings. The molecule has 0 unspecified atom stereocenters. The fraction of sp³-hybridized carbons (Fsp3) is 0.238. The zero-order chi connectivity index (χ0) is 19.6. The quantitative estimate of drug-likeness (QED) is 0.775. The Morgan fingerprint density at radius 2 is 1.74 bits per heavy atom. The van der Waals surface area contributed by atoms with Crippen LogP contribution in [-0.4, -0.2) is 36.4 Å². The molecule has 0 radical (unpaired) electrons. The highest BCUT2D eigenvalue weighted by atomic mass is 32.2. The van der Waals surface area contributed by atoms with Crippen LogP contribution in [0.1, 0.15) is 16.7 Å². The molecule has 1 N–H and O–H groups in total. The van der Waals surface area contributed by atoms with E-state index in [2.05, 4.69) is 0 Å². The van der Waals surface area contributed by atoms with E-state index in [1.165, 1.54) is 16.7 Å². The number of nitrogens with zero attached hydrogens (tertiary/aromatic N) is 1. The van der Waals surface area contributed by atoms with E-state index in [-0.39, 0.29) is 18.4 Å². The fourth-order valence-corrected chi connectivity index (χ4v) is 3.86. The molecule has 6 heteroatoms. The van der Waals surface area contributed by atoms with E-state index in [1.54, 1.807) is 37.4 Å². The van der Waals surface area contributed by atoms with Gasteiger partial charge in [0.05, 0.1) is 29.9 Å². The molecule has 0 spiro atoms. The normalized spacial score (nSPS) is 14.3. The van der Waals surface area contributed by atoms with Crippen LogP contribution in [0.4, 0.5) is 5.69 Å². The van der Waals surface area contributed by atoms with Crippen LogP contribution in [-0.2, 0) is 9.59 Å². The Balaban J connectivity index is 2.09. The van der Waals surface area contributed by atoms with Crippen molar-refractivity contribution in [2.45, 2.75) is 13.8 Å². The number of amides is 2. The van der Waals surface area contributed by atoms with Crippen LogP contribution in [0, 0.1) is 13.8 Å². The fourth-order valence-electron chi connectivity index (χ4n) is 3.00. The first kappa shape index (κ1) is 19.2. The summed E-state index contributed by atoms with van der Waals surface area (Å²) in [5, 5.41) is 9.20. The van der Waals surface area contributed by atoms with Gasteiger partial charge in [-0.15, -0.1) is 11.8 Å². The molecule has 0 aromatic heterocycles. The third-order valence-electron chi connectivity index (χ3n) is 4.57. The van der Waals surface area contributed by atoms with Gasteiger partial charge in [0.25, 0.3) is 11.8 Å². The average molecular weight is 383 g/mol. The number of benzene rings is 2. The van der Waals surface area contributed by atoms with Crippen LogP contribution >= 0.6 is 11.8 Å². The lowest BCUT2D eigenvalue weighted by Crippen LogP contribution is -2.32. The van der Waals surface area contributed by atoms with Gasteiger partial charge in [-0.05, 0) is 48.7 Å². The zero-order valence-corrected chi connectivity index (χ0v) is 16.3. The molecule has 0 fully saturated rings. The second kappa shape index (κ2) is 7.98. The van der Waals surface area contributed by atoms with Crippen LogP contribution in [0.5, 0.6) is 5.75 Å². The van der Waals surface area contributed by atoms with Gasteiger partial charge in [-0.3, -0.25) is 9.59 Å². The summed E-state index contributed by atoms with van der Waals surface area (Å²) < 4.78 is 5.17. The van der Waals surface area contributed by atoms with E-state index >= 15 is 0 Å². The summed E-state index contributed by atoms with van der Waals surface area (Å²) in [7, 11) is 1.57. The molecule has 5 nitrogen and oxygen atoms in total. The van der Waals surface area contributed by atoms with E-state index < -0.39 is 0 Å². The molecule has 0 saturated carbocycles. The topological polar surface area (TPSA) is 66.8 Å². The molecule has 0 saturated heterocycles. The van der Waals surface area contributed by atoms with Crippen molar-refractivity contribution in [3.8, 4) is 5.75 Å². The van der Waals surface area contributed by atoms with Gasteiger partial charge in [0.15, 0.2) is 0 Å². The van der Waals surface area contributed by atoms with Gasteiger partial charge in [0, 0.05) is 5.75 Å². The maximum Gasteiger partial charge on any atom is 0.272 e. The number of imide groups is 1. The van der Waals surface area contributed by atoms with Crippen LogP contribution < -0.4 is 9.64 Å². The molecule has 0 aliphatic carbocycles. The van der Waals surface area contributed by atoms with Crippen LogP contribution in [0.2, 0.25) is 0 Å². The van der Waals surface area contributed by atoms with Crippen LogP contribution in [0.15, 0.2) is 47.4 Å². The van der Waals surface area contributed by atoms with Crippen molar-refractivity contribution >= 4 is 34.8 Å². The molecule has 2 amide bonds. The molecule has 140 valence electrons. The first-order valence-electron chi connectivity index (χ1n) is 8.57. The van der Waals surface area contributed by atoms with Crippen molar-refractivity contribution in [1.29, 1.82) is 0 Å². The highest BCUT2D eigenvalue weighted by Crippen LogP contribution is 2.39. The summed E-state index contributed by atoms with van der Waals surface area (Å²) in [6.07, 6.45) is 0. The first-order chi connectivity index (χ1) is 13.0. The summed E-state index contributed by atoms with van der Waals surface area (Å²) in [6, 6.07) is 12.6. The number of ether oxygens (including phenoxy) is 1. The summed E-state index contributed by atoms with van der Waals surface area (Å²) in [4.78, 5) is 28.0. The van der Waals surface area contributed by atoms with Crippen molar-refractivity contribution < 1.29 is 19.4 Å². The molecular weight excluding hydrogens is 362 g/mol. The Hall–Kier alpha value is -2.57. The lowest BCUT2D eigenvalue weighted by atomic mass is 10.1. The SMILES string of the molecule is COc1ccc(C2=C(SCCO)C(=O)N(c3cccc(C)c3C)C2=O)cc1. The molecule has 1 heterocycles. The summed E-state index contributed by atoms with van der Waals surface area (Å²) >= 11 is 1.20. The monoisotopic (exact) mass is 383 g/mol. The number of carbonyl (C=O) groups excluding carboxylic acids is 2. The molecule has 0 atom stereocenters. The third kappa shape index (κ3) is 3.50. The van der Waals surface area contributed by atoms with E-state index in [0.717, 1.165) is 11.1 Å². The third-order valence-corrected chi connectivity index (χ3v) is 5.63. The van der Waals surface area contributed by atoms with Crippen molar-refractivity contribution in [3.05, 3.63) is 64.1 Å². The smallest absolute Gasteiger partial charge is 0.272 e. The molecule has 3 rings (SSSR count). The molecule has 0 bridgehead atoms. The van der Waals surface area contributed by atoms with Crippen LogP contribution in [0.25, 0.3) is 5.57 Å². The van der Waals surface area contributed by atoms with E-state index in [4.69, 9.17) is 4.74 Å². The number of aliphatic hydroxyl groups is 1. The van der Waals surface area contributed by atoms with Gasteiger partial charge in [-0.1, -0.05) is 24.3 Å². The Bertz CT molecular complexity index is 918. The Morgan fingerprint density at radius 1 is 1.04 bits per heavy atom. The minimum atomic E-state index is -0.349. The largest absolute Gasteiger partial charge is 0.497 e. The lowest BCUT2D eigenvalue weighted by molar-refractivity contribution is -0.119. The number of thioether (sulfide) groups is 1. The molecular formula is C21H21NO4S. The van der Waals surface area contributed by atoms with Gasteiger partial charge in [0.2, 0.25) is 0 Å². The van der Waals surface area contributed by atoms with Gasteiger partial charge in [-0.2, -0.15) is 0 Å². The highest BCUT2D eigenvalue weighted by Gasteiger charge is 2.40.